The SMILES string of the molecule is COc1cc2c(cc1OC)C(C)N(C(=O)Cc1ccccc1[N+](=O)[O-])CC2. The van der Waals surface area contributed by atoms with Crippen LogP contribution in [-0.4, -0.2) is 36.5 Å². The number of hydrogen-bond donors (Lipinski definition) is 0. The minimum absolute atomic E-state index is 0.00408. The highest BCUT2D eigenvalue weighted by Gasteiger charge is 2.30. The van der Waals surface area contributed by atoms with Gasteiger partial charge >= 0.3 is 0 Å². The molecule has 0 aliphatic carbocycles. The minimum Gasteiger partial charge on any atom is -0.493 e. The van der Waals surface area contributed by atoms with Crippen LogP contribution >= 0.6 is 0 Å². The molecule has 3 rings (SSSR count). The van der Waals surface area contributed by atoms with Gasteiger partial charge in [-0.05, 0) is 36.6 Å². The van der Waals surface area contributed by atoms with Crippen molar-refractivity contribution in [2.24, 2.45) is 0 Å². The summed E-state index contributed by atoms with van der Waals surface area (Å²) in [4.78, 5) is 25.4. The predicted octanol–water partition coefficient (Wildman–Crippen LogP) is 3.30. The smallest absolute Gasteiger partial charge is 0.273 e. The molecular weight excluding hydrogens is 348 g/mol. The van der Waals surface area contributed by atoms with Crippen LogP contribution in [0.4, 0.5) is 5.69 Å². The molecule has 0 aromatic heterocycles. The second-order valence-corrected chi connectivity index (χ2v) is 6.48. The molecule has 142 valence electrons. The van der Waals surface area contributed by atoms with Gasteiger partial charge in [0, 0.05) is 18.2 Å². The Labute approximate surface area is 157 Å². The molecule has 2 aromatic rings. The summed E-state index contributed by atoms with van der Waals surface area (Å²) < 4.78 is 10.7. The molecule has 1 aliphatic rings. The van der Waals surface area contributed by atoms with Gasteiger partial charge in [0.25, 0.3) is 5.69 Å². The molecule has 0 radical (unpaired) electrons. The normalized spacial score (nSPS) is 15.8. The third-order valence-corrected chi connectivity index (χ3v) is 5.04. The van der Waals surface area contributed by atoms with Crippen LogP contribution in [0.3, 0.4) is 0 Å². The number of rotatable bonds is 5. The van der Waals surface area contributed by atoms with Gasteiger partial charge in [0.05, 0.1) is 31.6 Å². The molecule has 0 N–H and O–H groups in total. The molecule has 0 spiro atoms. The Morgan fingerprint density at radius 1 is 1.22 bits per heavy atom. The summed E-state index contributed by atoms with van der Waals surface area (Å²) in [5, 5.41) is 11.2. The Morgan fingerprint density at radius 2 is 1.89 bits per heavy atom. The minimum atomic E-state index is -0.450. The summed E-state index contributed by atoms with van der Waals surface area (Å²) in [6.45, 7) is 2.52. The van der Waals surface area contributed by atoms with E-state index in [1.54, 1.807) is 37.3 Å². The lowest BCUT2D eigenvalue weighted by atomic mass is 9.92. The molecule has 0 bridgehead atoms. The van der Waals surface area contributed by atoms with Crippen molar-refractivity contribution in [3.8, 4) is 11.5 Å². The van der Waals surface area contributed by atoms with E-state index in [0.29, 0.717) is 30.0 Å². The maximum atomic E-state index is 12.9. The number of amides is 1. The molecule has 1 amide bonds. The third-order valence-electron chi connectivity index (χ3n) is 5.04. The number of nitro groups is 1. The Bertz CT molecular complexity index is 881. The van der Waals surface area contributed by atoms with Gasteiger partial charge in [0.1, 0.15) is 0 Å². The maximum absolute atomic E-state index is 12.9. The van der Waals surface area contributed by atoms with E-state index < -0.39 is 4.92 Å². The predicted molar refractivity (Wildman–Crippen MR) is 100 cm³/mol. The molecule has 0 saturated heterocycles. The van der Waals surface area contributed by atoms with Crippen molar-refractivity contribution in [3.05, 3.63) is 63.2 Å². The lowest BCUT2D eigenvalue weighted by Crippen LogP contribution is -2.39. The summed E-state index contributed by atoms with van der Waals surface area (Å²) >= 11 is 0. The fourth-order valence-electron chi connectivity index (χ4n) is 3.59. The zero-order chi connectivity index (χ0) is 19.6. The quantitative estimate of drug-likeness (QED) is 0.596. The van der Waals surface area contributed by atoms with E-state index in [1.165, 1.54) is 6.07 Å². The molecule has 7 nitrogen and oxygen atoms in total. The molecule has 27 heavy (non-hydrogen) atoms. The van der Waals surface area contributed by atoms with Gasteiger partial charge in [0.2, 0.25) is 5.91 Å². The van der Waals surface area contributed by atoms with Crippen LogP contribution in [0.1, 0.15) is 29.7 Å². The largest absolute Gasteiger partial charge is 0.493 e. The number of para-hydroxylation sites is 1. The first kappa shape index (κ1) is 18.7. The highest BCUT2D eigenvalue weighted by atomic mass is 16.6. The zero-order valence-corrected chi connectivity index (χ0v) is 15.6. The molecule has 1 atom stereocenters. The standard InChI is InChI=1S/C20H22N2O5/c1-13-16-12-19(27-3)18(26-2)10-14(16)8-9-21(13)20(23)11-15-6-4-5-7-17(15)22(24)25/h4-7,10,12-13H,8-9,11H2,1-3H3. The molecule has 0 saturated carbocycles. The number of methoxy groups -OCH3 is 2. The van der Waals surface area contributed by atoms with Crippen LogP contribution in [0.25, 0.3) is 0 Å². The number of nitro benzene ring substituents is 1. The van der Waals surface area contributed by atoms with Crippen molar-refractivity contribution in [1.29, 1.82) is 0 Å². The van der Waals surface area contributed by atoms with Crippen molar-refractivity contribution in [1.82, 2.24) is 4.90 Å². The van der Waals surface area contributed by atoms with Crippen LogP contribution in [0.2, 0.25) is 0 Å². The number of carbonyl (C=O) groups excluding carboxylic acids is 1. The average molecular weight is 370 g/mol. The van der Waals surface area contributed by atoms with Crippen molar-refractivity contribution >= 4 is 11.6 Å². The number of nitrogens with zero attached hydrogens (tertiary/aromatic N) is 2. The fraction of sp³-hybridized carbons (Fsp3) is 0.350. The van der Waals surface area contributed by atoms with Gasteiger partial charge in [-0.2, -0.15) is 0 Å². The summed E-state index contributed by atoms with van der Waals surface area (Å²) in [7, 11) is 3.17. The molecule has 1 unspecified atom stereocenters. The van der Waals surface area contributed by atoms with Crippen molar-refractivity contribution in [3.63, 3.8) is 0 Å². The van der Waals surface area contributed by atoms with E-state index in [-0.39, 0.29) is 24.1 Å². The number of fused-ring (bicyclic) bond motifs is 1. The van der Waals surface area contributed by atoms with E-state index in [1.807, 2.05) is 19.1 Å². The highest BCUT2D eigenvalue weighted by molar-refractivity contribution is 5.81. The summed E-state index contributed by atoms with van der Waals surface area (Å²) in [5.41, 5.74) is 2.53. The first-order valence-corrected chi connectivity index (χ1v) is 8.72. The first-order chi connectivity index (χ1) is 13.0. The maximum Gasteiger partial charge on any atom is 0.273 e. The molecule has 1 heterocycles. The van der Waals surface area contributed by atoms with Crippen LogP contribution < -0.4 is 9.47 Å². The van der Waals surface area contributed by atoms with Gasteiger partial charge in [-0.25, -0.2) is 0 Å². The van der Waals surface area contributed by atoms with E-state index in [0.717, 1.165) is 11.1 Å². The topological polar surface area (TPSA) is 81.9 Å². The van der Waals surface area contributed by atoms with E-state index in [9.17, 15) is 14.9 Å². The third kappa shape index (κ3) is 3.58. The van der Waals surface area contributed by atoms with Gasteiger partial charge in [0.15, 0.2) is 11.5 Å². The fourth-order valence-corrected chi connectivity index (χ4v) is 3.59. The Kier molecular flexibility index (Phi) is 5.30. The van der Waals surface area contributed by atoms with E-state index in [4.69, 9.17) is 9.47 Å². The van der Waals surface area contributed by atoms with Gasteiger partial charge < -0.3 is 14.4 Å². The summed E-state index contributed by atoms with van der Waals surface area (Å²) in [6, 6.07) is 10.1. The summed E-state index contributed by atoms with van der Waals surface area (Å²) in [5.74, 6) is 1.16. The average Bonchev–Trinajstić information content (AvgIpc) is 2.67. The lowest BCUT2D eigenvalue weighted by molar-refractivity contribution is -0.385. The number of benzene rings is 2. The molecule has 0 fully saturated rings. The van der Waals surface area contributed by atoms with Gasteiger partial charge in [-0.1, -0.05) is 18.2 Å². The van der Waals surface area contributed by atoms with Crippen molar-refractivity contribution < 1.29 is 19.2 Å². The Balaban J connectivity index is 1.85. The number of ether oxygens (including phenoxy) is 2. The monoisotopic (exact) mass is 370 g/mol. The highest BCUT2D eigenvalue weighted by Crippen LogP contribution is 2.38. The van der Waals surface area contributed by atoms with E-state index >= 15 is 0 Å². The molecular formula is C20H22N2O5. The van der Waals surface area contributed by atoms with Crippen LogP contribution in [0.5, 0.6) is 11.5 Å². The molecule has 7 heteroatoms. The molecule has 2 aromatic carbocycles. The van der Waals surface area contributed by atoms with Crippen molar-refractivity contribution in [2.45, 2.75) is 25.8 Å². The zero-order valence-electron chi connectivity index (χ0n) is 15.6. The number of hydrogen-bond acceptors (Lipinski definition) is 5. The van der Waals surface area contributed by atoms with Gasteiger partial charge in [-0.15, -0.1) is 0 Å². The number of carbonyl (C=O) groups is 1. The second kappa shape index (κ2) is 7.65. The molecule has 1 aliphatic heterocycles. The van der Waals surface area contributed by atoms with Crippen molar-refractivity contribution in [2.75, 3.05) is 20.8 Å². The van der Waals surface area contributed by atoms with Crippen LogP contribution in [0.15, 0.2) is 36.4 Å². The van der Waals surface area contributed by atoms with Gasteiger partial charge in [-0.3, -0.25) is 14.9 Å². The van der Waals surface area contributed by atoms with E-state index in [2.05, 4.69) is 0 Å². The Hall–Kier alpha value is -3.09. The second-order valence-electron chi connectivity index (χ2n) is 6.48. The summed E-state index contributed by atoms with van der Waals surface area (Å²) in [6.07, 6.45) is 0.701. The Morgan fingerprint density at radius 3 is 2.56 bits per heavy atom. The van der Waals surface area contributed by atoms with Crippen LogP contribution in [0, 0.1) is 10.1 Å². The lowest BCUT2D eigenvalue weighted by Gasteiger charge is -2.36. The first-order valence-electron chi connectivity index (χ1n) is 8.72. The van der Waals surface area contributed by atoms with Crippen LogP contribution in [-0.2, 0) is 17.6 Å².